The van der Waals surface area contributed by atoms with E-state index in [2.05, 4.69) is 19.2 Å². The minimum Gasteiger partial charge on any atom is -0.445 e. The maximum absolute atomic E-state index is 12.1. The summed E-state index contributed by atoms with van der Waals surface area (Å²) in [5.41, 5.74) is 0.967. The number of nitrogens with one attached hydrogen (secondary N) is 1. The molecule has 2 atom stereocenters. The molecule has 122 valence electrons. The van der Waals surface area contributed by atoms with Crippen molar-refractivity contribution < 1.29 is 9.53 Å². The largest absolute Gasteiger partial charge is 0.445 e. The summed E-state index contributed by atoms with van der Waals surface area (Å²) in [5, 5.41) is 3.61. The number of alkyl halides is 1. The van der Waals surface area contributed by atoms with E-state index in [0.717, 1.165) is 12.0 Å². The molecule has 1 amide bonds. The molecule has 0 aliphatic carbocycles. The van der Waals surface area contributed by atoms with Crippen molar-refractivity contribution in [2.75, 3.05) is 13.1 Å². The molecule has 1 unspecified atom stereocenters. The number of carbonyl (C=O) groups excluding carboxylic acids is 1. The van der Waals surface area contributed by atoms with Gasteiger partial charge in [0.1, 0.15) is 6.61 Å². The van der Waals surface area contributed by atoms with Gasteiger partial charge in [0.05, 0.1) is 5.54 Å². The fourth-order valence-corrected chi connectivity index (χ4v) is 2.70. The Morgan fingerprint density at radius 2 is 2.00 bits per heavy atom. The molecule has 0 saturated carbocycles. The second kappa shape index (κ2) is 7.34. The topological polar surface area (TPSA) is 41.6 Å². The third-order valence-corrected chi connectivity index (χ3v) is 4.73. The first kappa shape index (κ1) is 17.1. The number of hydrogen-bond donors (Lipinski definition) is 1. The van der Waals surface area contributed by atoms with E-state index in [9.17, 15) is 4.79 Å². The fraction of sp³-hybridized carbons (Fsp3) is 0.588. The van der Waals surface area contributed by atoms with Gasteiger partial charge in [-0.3, -0.25) is 0 Å². The predicted molar refractivity (Wildman–Crippen MR) is 89.1 cm³/mol. The van der Waals surface area contributed by atoms with Gasteiger partial charge < -0.3 is 15.0 Å². The molecule has 0 bridgehead atoms. The normalized spacial score (nSPS) is 19.2. The number of halogens is 1. The minimum absolute atomic E-state index is 0.0334. The van der Waals surface area contributed by atoms with Crippen LogP contribution in [0.4, 0.5) is 4.79 Å². The van der Waals surface area contributed by atoms with Gasteiger partial charge in [0.2, 0.25) is 0 Å². The van der Waals surface area contributed by atoms with Crippen LogP contribution in [0.25, 0.3) is 0 Å². The zero-order valence-corrected chi connectivity index (χ0v) is 14.3. The first-order valence-electron chi connectivity index (χ1n) is 7.83. The molecule has 1 heterocycles. The standard InChI is InChI=1S/C17H25ClN2O2/c1-4-17(19-14(3)13(2)18)11-20(12-17)16(21)22-10-15-8-6-5-7-9-15/h5-9,13-14,19H,4,10-12H2,1-3H3/t13-,14?/m0/s1. The van der Waals surface area contributed by atoms with E-state index in [1.807, 2.05) is 37.3 Å². The first-order chi connectivity index (χ1) is 10.5. The Balaban J connectivity index is 1.80. The van der Waals surface area contributed by atoms with Gasteiger partial charge in [-0.25, -0.2) is 4.79 Å². The molecule has 1 N–H and O–H groups in total. The van der Waals surface area contributed by atoms with Crippen molar-refractivity contribution in [2.45, 2.75) is 50.8 Å². The summed E-state index contributed by atoms with van der Waals surface area (Å²) in [6, 6.07) is 9.93. The van der Waals surface area contributed by atoms with Gasteiger partial charge in [0.15, 0.2) is 0 Å². The van der Waals surface area contributed by atoms with E-state index >= 15 is 0 Å². The van der Waals surface area contributed by atoms with Crippen LogP contribution in [0.15, 0.2) is 30.3 Å². The molecule has 5 heteroatoms. The zero-order valence-electron chi connectivity index (χ0n) is 13.5. The maximum Gasteiger partial charge on any atom is 0.410 e. The average molecular weight is 325 g/mol. The Morgan fingerprint density at radius 1 is 1.36 bits per heavy atom. The molecule has 4 nitrogen and oxygen atoms in total. The summed E-state index contributed by atoms with van der Waals surface area (Å²) in [6.45, 7) is 7.85. The van der Waals surface area contributed by atoms with Crippen LogP contribution >= 0.6 is 11.6 Å². The molecule has 1 fully saturated rings. The van der Waals surface area contributed by atoms with E-state index < -0.39 is 0 Å². The molecule has 2 rings (SSSR count). The summed E-state index contributed by atoms with van der Waals surface area (Å²) in [6.07, 6.45) is 0.713. The Bertz CT molecular complexity index is 487. The smallest absolute Gasteiger partial charge is 0.410 e. The van der Waals surface area contributed by atoms with E-state index in [1.54, 1.807) is 4.90 Å². The Morgan fingerprint density at radius 3 is 2.55 bits per heavy atom. The molecule has 1 aliphatic rings. The molecule has 0 aromatic heterocycles. The number of amides is 1. The van der Waals surface area contributed by atoms with Gasteiger partial charge in [0, 0.05) is 24.5 Å². The SMILES string of the molecule is CCC1(NC(C)[C@H](C)Cl)CN(C(=O)OCc2ccccc2)C1. The van der Waals surface area contributed by atoms with Crippen LogP contribution < -0.4 is 5.32 Å². The minimum atomic E-state index is -0.249. The van der Waals surface area contributed by atoms with Crippen LogP contribution in [0.3, 0.4) is 0 Å². The highest BCUT2D eigenvalue weighted by Crippen LogP contribution is 2.26. The summed E-state index contributed by atoms with van der Waals surface area (Å²) < 4.78 is 5.36. The lowest BCUT2D eigenvalue weighted by atomic mass is 9.86. The monoisotopic (exact) mass is 324 g/mol. The highest BCUT2D eigenvalue weighted by atomic mass is 35.5. The van der Waals surface area contributed by atoms with Gasteiger partial charge >= 0.3 is 6.09 Å². The van der Waals surface area contributed by atoms with Crippen molar-refractivity contribution >= 4 is 17.7 Å². The highest BCUT2D eigenvalue weighted by molar-refractivity contribution is 6.20. The lowest BCUT2D eigenvalue weighted by Crippen LogP contribution is -2.72. The van der Waals surface area contributed by atoms with Crippen LogP contribution in [0.5, 0.6) is 0 Å². The Kier molecular flexibility index (Phi) is 5.70. The van der Waals surface area contributed by atoms with Crippen molar-refractivity contribution in [2.24, 2.45) is 0 Å². The highest BCUT2D eigenvalue weighted by Gasteiger charge is 2.45. The molecule has 1 aromatic rings. The fourth-order valence-electron chi connectivity index (χ4n) is 2.64. The third-order valence-electron chi connectivity index (χ3n) is 4.35. The summed E-state index contributed by atoms with van der Waals surface area (Å²) in [4.78, 5) is 13.8. The van der Waals surface area contributed by atoms with Crippen molar-refractivity contribution in [3.8, 4) is 0 Å². The van der Waals surface area contributed by atoms with Crippen molar-refractivity contribution in [1.82, 2.24) is 10.2 Å². The van der Waals surface area contributed by atoms with Crippen LogP contribution in [-0.4, -0.2) is 41.0 Å². The number of ether oxygens (including phenoxy) is 1. The van der Waals surface area contributed by atoms with Gasteiger partial charge in [-0.2, -0.15) is 0 Å². The number of nitrogens with zero attached hydrogens (tertiary/aromatic N) is 1. The number of hydrogen-bond acceptors (Lipinski definition) is 3. The third kappa shape index (κ3) is 4.14. The van der Waals surface area contributed by atoms with E-state index in [1.165, 1.54) is 0 Å². The second-order valence-electron chi connectivity index (χ2n) is 6.14. The Labute approximate surface area is 137 Å². The van der Waals surface area contributed by atoms with Crippen molar-refractivity contribution in [1.29, 1.82) is 0 Å². The molecule has 1 aromatic carbocycles. The molecular formula is C17H25ClN2O2. The van der Waals surface area contributed by atoms with Gasteiger partial charge in [-0.05, 0) is 25.8 Å². The predicted octanol–water partition coefficient (Wildman–Crippen LogP) is 3.39. The van der Waals surface area contributed by atoms with E-state index in [-0.39, 0.29) is 23.1 Å². The van der Waals surface area contributed by atoms with Gasteiger partial charge in [0.25, 0.3) is 0 Å². The quantitative estimate of drug-likeness (QED) is 0.815. The van der Waals surface area contributed by atoms with Crippen LogP contribution in [0.2, 0.25) is 0 Å². The molecule has 0 radical (unpaired) electrons. The lowest BCUT2D eigenvalue weighted by molar-refractivity contribution is 0.0147. The van der Waals surface area contributed by atoms with Crippen molar-refractivity contribution in [3.05, 3.63) is 35.9 Å². The summed E-state index contributed by atoms with van der Waals surface area (Å²) in [7, 11) is 0. The van der Waals surface area contributed by atoms with Gasteiger partial charge in [-0.1, -0.05) is 37.3 Å². The first-order valence-corrected chi connectivity index (χ1v) is 8.27. The molecule has 0 spiro atoms. The van der Waals surface area contributed by atoms with Gasteiger partial charge in [-0.15, -0.1) is 11.6 Å². The number of carbonyl (C=O) groups is 1. The number of likely N-dealkylation sites (tertiary alicyclic amines) is 1. The van der Waals surface area contributed by atoms with E-state index in [4.69, 9.17) is 16.3 Å². The van der Waals surface area contributed by atoms with Crippen LogP contribution in [0.1, 0.15) is 32.8 Å². The van der Waals surface area contributed by atoms with E-state index in [0.29, 0.717) is 19.7 Å². The number of rotatable bonds is 6. The average Bonchev–Trinajstić information content (AvgIpc) is 2.48. The molecule has 22 heavy (non-hydrogen) atoms. The molecule has 1 saturated heterocycles. The van der Waals surface area contributed by atoms with Crippen LogP contribution in [-0.2, 0) is 11.3 Å². The van der Waals surface area contributed by atoms with Crippen LogP contribution in [0, 0.1) is 0 Å². The number of benzene rings is 1. The van der Waals surface area contributed by atoms with Crippen molar-refractivity contribution in [3.63, 3.8) is 0 Å². The molecular weight excluding hydrogens is 300 g/mol. The second-order valence-corrected chi connectivity index (χ2v) is 6.83. The zero-order chi connectivity index (χ0) is 16.2. The summed E-state index contributed by atoms with van der Waals surface area (Å²) >= 11 is 6.12. The summed E-state index contributed by atoms with van der Waals surface area (Å²) in [5.74, 6) is 0. The molecule has 1 aliphatic heterocycles. The Hall–Kier alpha value is -1.26. The lowest BCUT2D eigenvalue weighted by Gasteiger charge is -2.51. The maximum atomic E-state index is 12.1.